The van der Waals surface area contributed by atoms with Crippen molar-refractivity contribution in [3.8, 4) is 0 Å². The van der Waals surface area contributed by atoms with Gasteiger partial charge in [-0.1, -0.05) is 13.3 Å². The second-order valence-corrected chi connectivity index (χ2v) is 3.39. The van der Waals surface area contributed by atoms with E-state index in [4.69, 9.17) is 0 Å². The van der Waals surface area contributed by atoms with Gasteiger partial charge in [0.1, 0.15) is 0 Å². The summed E-state index contributed by atoms with van der Waals surface area (Å²) in [4.78, 5) is 10.7. The zero-order valence-corrected chi connectivity index (χ0v) is 7.28. The molecule has 0 saturated carbocycles. The van der Waals surface area contributed by atoms with Gasteiger partial charge in [0.15, 0.2) is 0 Å². The van der Waals surface area contributed by atoms with Crippen molar-refractivity contribution in [2.45, 2.75) is 26.7 Å². The van der Waals surface area contributed by atoms with Crippen LogP contribution in [0, 0.1) is 4.91 Å². The van der Waals surface area contributed by atoms with Gasteiger partial charge >= 0.3 is 0 Å². The number of unbranched alkanes of at least 4 members (excludes halogenated alkanes) is 1. The molecule has 0 rings (SSSR count). The summed E-state index contributed by atoms with van der Waals surface area (Å²) in [5, 5.41) is 2.68. The van der Waals surface area contributed by atoms with Gasteiger partial charge in [-0.3, -0.25) is 0 Å². The molecular weight excluding hydrogens is 146 g/mol. The molecule has 0 bridgehead atoms. The van der Waals surface area contributed by atoms with Crippen LogP contribution in [0.4, 0.5) is 0 Å². The third kappa shape index (κ3) is 5.82. The molecule has 58 valence electrons. The molecule has 0 atom stereocenters. The van der Waals surface area contributed by atoms with Crippen molar-refractivity contribution < 1.29 is 0 Å². The largest absolute Gasteiger partial charge is 0.145 e. The van der Waals surface area contributed by atoms with Crippen molar-refractivity contribution >= 4 is 11.8 Å². The first kappa shape index (κ1) is 9.69. The Kier molecular flexibility index (Phi) is 6.59. The molecule has 0 heterocycles. The zero-order chi connectivity index (χ0) is 7.82. The summed E-state index contributed by atoms with van der Waals surface area (Å²) in [5.74, 6) is 1.09. The first-order valence-corrected chi connectivity index (χ1v) is 4.41. The highest BCUT2D eigenvalue weighted by atomic mass is 32.2. The second-order valence-electron chi connectivity index (χ2n) is 2.05. The molecule has 0 aromatic heterocycles. The van der Waals surface area contributed by atoms with Gasteiger partial charge < -0.3 is 0 Å². The number of nitroso groups, excluding NO2 is 1. The van der Waals surface area contributed by atoms with Gasteiger partial charge in [-0.15, -0.1) is 16.7 Å². The number of nitrogens with zero attached hydrogens (tertiary/aromatic N) is 1. The summed E-state index contributed by atoms with van der Waals surface area (Å²) in [5.41, 5.74) is 0. The normalized spacial score (nSPS) is 11.6. The van der Waals surface area contributed by atoms with E-state index in [9.17, 15) is 4.91 Å². The Bertz CT molecular complexity index is 123. The lowest BCUT2D eigenvalue weighted by Gasteiger charge is -1.95. The lowest BCUT2D eigenvalue weighted by Crippen LogP contribution is -1.76. The SMILES string of the molecule is CCCCS/C(C)=C\N=O. The van der Waals surface area contributed by atoms with Crippen LogP contribution in [0.3, 0.4) is 0 Å². The fourth-order valence-corrected chi connectivity index (χ4v) is 1.36. The molecule has 0 saturated heterocycles. The van der Waals surface area contributed by atoms with E-state index in [0.29, 0.717) is 0 Å². The van der Waals surface area contributed by atoms with E-state index in [-0.39, 0.29) is 0 Å². The minimum absolute atomic E-state index is 1.00. The predicted octanol–water partition coefficient (Wildman–Crippen LogP) is 3.15. The van der Waals surface area contributed by atoms with E-state index < -0.39 is 0 Å². The maximum atomic E-state index is 9.71. The summed E-state index contributed by atoms with van der Waals surface area (Å²) in [7, 11) is 0. The Labute approximate surface area is 66.1 Å². The molecule has 10 heavy (non-hydrogen) atoms. The molecule has 0 aliphatic rings. The molecule has 2 nitrogen and oxygen atoms in total. The third-order valence-electron chi connectivity index (χ3n) is 1.06. The van der Waals surface area contributed by atoms with Crippen LogP contribution in [0.5, 0.6) is 0 Å². The smallest absolute Gasteiger partial charge is 0.0806 e. The zero-order valence-electron chi connectivity index (χ0n) is 6.46. The van der Waals surface area contributed by atoms with Crippen LogP contribution in [0.15, 0.2) is 16.3 Å². The first-order chi connectivity index (χ1) is 4.81. The Morgan fingerprint density at radius 1 is 1.70 bits per heavy atom. The average Bonchev–Trinajstić information content (AvgIpc) is 1.89. The van der Waals surface area contributed by atoms with Crippen LogP contribution in [0.1, 0.15) is 26.7 Å². The number of hydrogen-bond acceptors (Lipinski definition) is 3. The van der Waals surface area contributed by atoms with E-state index in [1.54, 1.807) is 11.8 Å². The molecule has 0 spiro atoms. The van der Waals surface area contributed by atoms with Gasteiger partial charge in [-0.25, -0.2) is 0 Å². The van der Waals surface area contributed by atoms with Gasteiger partial charge in [0.25, 0.3) is 0 Å². The van der Waals surface area contributed by atoms with Gasteiger partial charge in [-0.05, 0) is 24.3 Å². The second kappa shape index (κ2) is 6.81. The standard InChI is InChI=1S/C7H13NOS/c1-3-4-5-10-7(2)6-8-9/h6H,3-5H2,1-2H3/b7-6-. The lowest BCUT2D eigenvalue weighted by atomic mass is 10.4. The van der Waals surface area contributed by atoms with Gasteiger partial charge in [0.05, 0.1) is 6.20 Å². The molecule has 0 aliphatic heterocycles. The summed E-state index contributed by atoms with van der Waals surface area (Å²) in [6, 6.07) is 0. The van der Waals surface area contributed by atoms with Crippen molar-refractivity contribution in [1.29, 1.82) is 0 Å². The summed E-state index contributed by atoms with van der Waals surface area (Å²) < 4.78 is 0. The number of hydrogen-bond donors (Lipinski definition) is 0. The minimum Gasteiger partial charge on any atom is -0.145 e. The third-order valence-corrected chi connectivity index (χ3v) is 2.12. The van der Waals surface area contributed by atoms with Gasteiger partial charge in [-0.2, -0.15) is 0 Å². The molecule has 0 aliphatic carbocycles. The molecule has 0 aromatic rings. The topological polar surface area (TPSA) is 29.4 Å². The van der Waals surface area contributed by atoms with Crippen molar-refractivity contribution in [3.63, 3.8) is 0 Å². The van der Waals surface area contributed by atoms with Crippen LogP contribution in [0.2, 0.25) is 0 Å². The minimum atomic E-state index is 1.00. The van der Waals surface area contributed by atoms with Crippen LogP contribution in [0.25, 0.3) is 0 Å². The predicted molar refractivity (Wildman–Crippen MR) is 46.9 cm³/mol. The molecule has 0 amide bonds. The van der Waals surface area contributed by atoms with E-state index >= 15 is 0 Å². The Morgan fingerprint density at radius 2 is 2.40 bits per heavy atom. The first-order valence-electron chi connectivity index (χ1n) is 3.43. The lowest BCUT2D eigenvalue weighted by molar-refractivity contribution is 0.897. The van der Waals surface area contributed by atoms with E-state index in [2.05, 4.69) is 12.1 Å². The molecule has 0 radical (unpaired) electrons. The fraction of sp³-hybridized carbons (Fsp3) is 0.714. The number of thioether (sulfide) groups is 1. The molecule has 0 N–H and O–H groups in total. The Hall–Kier alpha value is -0.310. The molecule has 0 aromatic carbocycles. The maximum absolute atomic E-state index is 9.71. The maximum Gasteiger partial charge on any atom is 0.0806 e. The summed E-state index contributed by atoms with van der Waals surface area (Å²) >= 11 is 1.69. The van der Waals surface area contributed by atoms with Crippen LogP contribution in [-0.4, -0.2) is 5.75 Å². The quantitative estimate of drug-likeness (QED) is 0.455. The number of rotatable bonds is 5. The highest BCUT2D eigenvalue weighted by Crippen LogP contribution is 2.15. The van der Waals surface area contributed by atoms with Crippen molar-refractivity contribution in [2.75, 3.05) is 5.75 Å². The van der Waals surface area contributed by atoms with Crippen LogP contribution >= 0.6 is 11.8 Å². The highest BCUT2D eigenvalue weighted by molar-refractivity contribution is 8.03. The molecule has 3 heteroatoms. The van der Waals surface area contributed by atoms with E-state index in [0.717, 1.165) is 10.7 Å². The molecule has 0 unspecified atom stereocenters. The fourth-order valence-electron chi connectivity index (χ4n) is 0.489. The monoisotopic (exact) mass is 159 g/mol. The summed E-state index contributed by atoms with van der Waals surface area (Å²) in [6.45, 7) is 4.05. The Morgan fingerprint density at radius 3 is 2.90 bits per heavy atom. The van der Waals surface area contributed by atoms with Crippen molar-refractivity contribution in [3.05, 3.63) is 16.0 Å². The van der Waals surface area contributed by atoms with Crippen LogP contribution in [-0.2, 0) is 0 Å². The van der Waals surface area contributed by atoms with Gasteiger partial charge in [0, 0.05) is 4.91 Å². The van der Waals surface area contributed by atoms with Crippen LogP contribution < -0.4 is 0 Å². The molecular formula is C7H13NOS. The van der Waals surface area contributed by atoms with Crippen molar-refractivity contribution in [2.24, 2.45) is 5.18 Å². The summed E-state index contributed by atoms with van der Waals surface area (Å²) in [6.07, 6.45) is 3.77. The average molecular weight is 159 g/mol. The van der Waals surface area contributed by atoms with Crippen molar-refractivity contribution in [1.82, 2.24) is 0 Å². The molecule has 0 fully saturated rings. The number of allylic oxidation sites excluding steroid dienone is 1. The highest BCUT2D eigenvalue weighted by Gasteiger charge is 1.88. The van der Waals surface area contributed by atoms with Gasteiger partial charge in [0.2, 0.25) is 0 Å². The van der Waals surface area contributed by atoms with E-state index in [1.165, 1.54) is 19.0 Å². The van der Waals surface area contributed by atoms with E-state index in [1.807, 2.05) is 6.92 Å². The Balaban J connectivity index is 3.29.